The van der Waals surface area contributed by atoms with Crippen molar-refractivity contribution >= 4 is 12.4 Å². The van der Waals surface area contributed by atoms with Crippen molar-refractivity contribution in [1.29, 1.82) is 0 Å². The molecule has 0 saturated heterocycles. The second-order valence-electron chi connectivity index (χ2n) is 3.85. The van der Waals surface area contributed by atoms with Crippen molar-refractivity contribution in [2.75, 3.05) is 0 Å². The van der Waals surface area contributed by atoms with Gasteiger partial charge in [0.1, 0.15) is 11.5 Å². The third-order valence-electron chi connectivity index (χ3n) is 2.49. The van der Waals surface area contributed by atoms with E-state index < -0.39 is 12.5 Å². The van der Waals surface area contributed by atoms with Crippen LogP contribution in [0.3, 0.4) is 0 Å². The maximum Gasteiger partial charge on any atom is 0.257 e. The first kappa shape index (κ1) is 15.4. The smallest absolute Gasteiger partial charge is 0.257 e. The van der Waals surface area contributed by atoms with Gasteiger partial charge in [-0.1, -0.05) is 30.3 Å². The molecular formula is C14H14ClF2NO. The van der Waals surface area contributed by atoms with Gasteiger partial charge >= 0.3 is 0 Å². The van der Waals surface area contributed by atoms with Crippen LogP contribution < -0.4 is 10.5 Å². The molecular weight excluding hydrogens is 272 g/mol. The van der Waals surface area contributed by atoms with Crippen molar-refractivity contribution in [1.82, 2.24) is 0 Å². The molecule has 0 amide bonds. The number of benzene rings is 2. The van der Waals surface area contributed by atoms with Gasteiger partial charge in [-0.25, -0.2) is 8.78 Å². The van der Waals surface area contributed by atoms with Gasteiger partial charge < -0.3 is 10.5 Å². The van der Waals surface area contributed by atoms with E-state index >= 15 is 0 Å². The monoisotopic (exact) mass is 285 g/mol. The normalized spacial score (nSPS) is 11.8. The Hall–Kier alpha value is -1.65. The molecule has 0 fully saturated rings. The lowest BCUT2D eigenvalue weighted by Gasteiger charge is -2.12. The van der Waals surface area contributed by atoms with E-state index in [4.69, 9.17) is 10.5 Å². The zero-order chi connectivity index (χ0) is 13.0. The molecule has 0 heterocycles. The Bertz CT molecular complexity index is 508. The third-order valence-corrected chi connectivity index (χ3v) is 2.49. The molecule has 0 aliphatic carbocycles. The van der Waals surface area contributed by atoms with Gasteiger partial charge in [0.2, 0.25) is 0 Å². The molecule has 2 aromatic carbocycles. The fraction of sp³-hybridized carbons (Fsp3) is 0.143. The lowest BCUT2D eigenvalue weighted by Crippen LogP contribution is -2.18. The van der Waals surface area contributed by atoms with Crippen LogP contribution in [0.25, 0.3) is 0 Å². The van der Waals surface area contributed by atoms with Gasteiger partial charge in [0.05, 0.1) is 6.04 Å². The number of hydrogen-bond acceptors (Lipinski definition) is 2. The Kier molecular flexibility index (Phi) is 5.73. The molecule has 5 heteroatoms. The van der Waals surface area contributed by atoms with Gasteiger partial charge in [0.15, 0.2) is 0 Å². The van der Waals surface area contributed by atoms with Gasteiger partial charge in [-0.2, -0.15) is 0 Å². The van der Waals surface area contributed by atoms with Crippen molar-refractivity contribution in [3.8, 4) is 11.5 Å². The van der Waals surface area contributed by atoms with E-state index in [2.05, 4.69) is 0 Å². The van der Waals surface area contributed by atoms with Crippen LogP contribution in [0.5, 0.6) is 11.5 Å². The van der Waals surface area contributed by atoms with Crippen LogP contribution in [0.4, 0.5) is 8.78 Å². The number of ether oxygens (including phenoxy) is 1. The summed E-state index contributed by atoms with van der Waals surface area (Å²) in [5.41, 5.74) is 5.75. The third kappa shape index (κ3) is 4.19. The molecule has 102 valence electrons. The minimum Gasteiger partial charge on any atom is -0.457 e. The van der Waals surface area contributed by atoms with E-state index in [9.17, 15) is 8.78 Å². The minimum atomic E-state index is -2.59. The molecule has 0 unspecified atom stereocenters. The fourth-order valence-corrected chi connectivity index (χ4v) is 1.56. The highest BCUT2D eigenvalue weighted by atomic mass is 35.5. The number of para-hydroxylation sites is 1. The first-order valence-corrected chi connectivity index (χ1v) is 5.53. The molecule has 0 spiro atoms. The van der Waals surface area contributed by atoms with Crippen LogP contribution in [-0.2, 0) is 0 Å². The molecule has 0 saturated carbocycles. The summed E-state index contributed by atoms with van der Waals surface area (Å²) < 4.78 is 30.6. The highest BCUT2D eigenvalue weighted by molar-refractivity contribution is 5.85. The summed E-state index contributed by atoms with van der Waals surface area (Å²) in [5.74, 6) is 1.15. The Morgan fingerprint density at radius 2 is 1.53 bits per heavy atom. The first-order valence-electron chi connectivity index (χ1n) is 5.53. The van der Waals surface area contributed by atoms with E-state index in [1.54, 1.807) is 30.3 Å². The van der Waals surface area contributed by atoms with E-state index in [-0.39, 0.29) is 12.4 Å². The summed E-state index contributed by atoms with van der Waals surface area (Å²) in [6.45, 7) is 0. The van der Waals surface area contributed by atoms with Gasteiger partial charge in [-0.3, -0.25) is 0 Å². The molecule has 0 radical (unpaired) electrons. The van der Waals surface area contributed by atoms with Crippen LogP contribution in [0.15, 0.2) is 54.6 Å². The van der Waals surface area contributed by atoms with Gasteiger partial charge in [-0.05, 0) is 29.8 Å². The molecule has 2 nitrogen and oxygen atoms in total. The van der Waals surface area contributed by atoms with E-state index in [1.165, 1.54) is 6.07 Å². The highest BCUT2D eigenvalue weighted by Crippen LogP contribution is 2.25. The first-order chi connectivity index (χ1) is 8.66. The zero-order valence-electron chi connectivity index (χ0n) is 10.0. The summed E-state index contributed by atoms with van der Waals surface area (Å²) in [7, 11) is 0. The van der Waals surface area contributed by atoms with Crippen LogP contribution >= 0.6 is 12.4 Å². The van der Waals surface area contributed by atoms with Crippen molar-refractivity contribution in [2.45, 2.75) is 12.5 Å². The van der Waals surface area contributed by atoms with E-state index in [0.717, 1.165) is 0 Å². The molecule has 0 aliphatic heterocycles. The second-order valence-corrected chi connectivity index (χ2v) is 3.85. The number of rotatable bonds is 4. The van der Waals surface area contributed by atoms with Crippen molar-refractivity contribution in [3.05, 3.63) is 60.2 Å². The Balaban J connectivity index is 0.00000180. The molecule has 0 aliphatic rings. The number of hydrogen-bond donors (Lipinski definition) is 1. The highest BCUT2D eigenvalue weighted by Gasteiger charge is 2.17. The molecule has 2 rings (SSSR count). The van der Waals surface area contributed by atoms with Crippen LogP contribution in [0.1, 0.15) is 11.6 Å². The summed E-state index contributed by atoms with van der Waals surface area (Å²) in [4.78, 5) is 0. The SMILES string of the molecule is Cl.N[C@H](c1cccc(Oc2ccccc2)c1)C(F)F. The topological polar surface area (TPSA) is 35.2 Å². The molecule has 0 aromatic heterocycles. The van der Waals surface area contributed by atoms with E-state index in [0.29, 0.717) is 17.1 Å². The Morgan fingerprint density at radius 1 is 0.895 bits per heavy atom. The number of nitrogens with two attached hydrogens (primary N) is 1. The number of halogens is 3. The maximum atomic E-state index is 12.5. The standard InChI is InChI=1S/C14H13F2NO.ClH/c15-14(16)13(17)10-5-4-8-12(9-10)18-11-6-2-1-3-7-11;/h1-9,13-14H,17H2;1H/t13-;/m1./s1. The Labute approximate surface area is 116 Å². The predicted octanol–water partition coefficient (Wildman–Crippen LogP) is 4.17. The van der Waals surface area contributed by atoms with Crippen LogP contribution in [-0.4, -0.2) is 6.43 Å². The summed E-state index contributed by atoms with van der Waals surface area (Å²) in [5, 5.41) is 0. The molecule has 1 atom stereocenters. The average molecular weight is 286 g/mol. The van der Waals surface area contributed by atoms with Gasteiger partial charge in [-0.15, -0.1) is 12.4 Å². The molecule has 0 bridgehead atoms. The maximum absolute atomic E-state index is 12.5. The fourth-order valence-electron chi connectivity index (χ4n) is 1.56. The summed E-state index contributed by atoms with van der Waals surface area (Å²) >= 11 is 0. The molecule has 2 aromatic rings. The second kappa shape index (κ2) is 7.07. The zero-order valence-corrected chi connectivity index (χ0v) is 10.8. The van der Waals surface area contributed by atoms with E-state index in [1.807, 2.05) is 18.2 Å². The van der Waals surface area contributed by atoms with Gasteiger partial charge in [0.25, 0.3) is 6.43 Å². The minimum absolute atomic E-state index is 0. The predicted molar refractivity (Wildman–Crippen MR) is 73.1 cm³/mol. The van der Waals surface area contributed by atoms with Crippen molar-refractivity contribution in [2.24, 2.45) is 5.73 Å². The average Bonchev–Trinajstić information content (AvgIpc) is 2.39. The van der Waals surface area contributed by atoms with Crippen LogP contribution in [0.2, 0.25) is 0 Å². The summed E-state index contributed by atoms with van der Waals surface area (Å²) in [6, 6.07) is 14.3. The lowest BCUT2D eigenvalue weighted by molar-refractivity contribution is 0.116. The summed E-state index contributed by atoms with van der Waals surface area (Å²) in [6.07, 6.45) is -2.59. The van der Waals surface area contributed by atoms with Crippen molar-refractivity contribution < 1.29 is 13.5 Å². The van der Waals surface area contributed by atoms with Crippen molar-refractivity contribution in [3.63, 3.8) is 0 Å². The largest absolute Gasteiger partial charge is 0.457 e. The lowest BCUT2D eigenvalue weighted by atomic mass is 10.1. The van der Waals surface area contributed by atoms with Gasteiger partial charge in [0, 0.05) is 0 Å². The molecule has 2 N–H and O–H groups in total. The Morgan fingerprint density at radius 3 is 2.16 bits per heavy atom. The quantitative estimate of drug-likeness (QED) is 0.915. The molecule has 19 heavy (non-hydrogen) atoms. The number of alkyl halides is 2. The van der Waals surface area contributed by atoms with Crippen LogP contribution in [0, 0.1) is 0 Å².